The fourth-order valence-electron chi connectivity index (χ4n) is 0.632. The number of pyridine rings is 1. The molecule has 0 aliphatic carbocycles. The second-order valence-corrected chi connectivity index (χ2v) is 2.10. The Morgan fingerprint density at radius 2 is 1.92 bits per heavy atom. The average molecular weight is 162 g/mol. The molecule has 0 atom stereocenters. The summed E-state index contributed by atoms with van der Waals surface area (Å²) in [5.41, 5.74) is 0. The van der Waals surface area contributed by atoms with Crippen LogP contribution in [-0.4, -0.2) is 15.1 Å². The van der Waals surface area contributed by atoms with E-state index >= 15 is 0 Å². The monoisotopic (exact) mass is 162 g/mol. The van der Waals surface area contributed by atoms with Crippen molar-refractivity contribution in [1.29, 1.82) is 0 Å². The number of aromatic nitrogens is 2. The van der Waals surface area contributed by atoms with Crippen molar-refractivity contribution in [2.75, 3.05) is 0 Å². The summed E-state index contributed by atoms with van der Waals surface area (Å²) in [4.78, 5) is 6.50. The van der Waals surface area contributed by atoms with Crippen LogP contribution >= 0.6 is 0 Å². The van der Waals surface area contributed by atoms with Gasteiger partial charge in [-0.1, -0.05) is 0 Å². The molecule has 2 aromatic heterocycles. The summed E-state index contributed by atoms with van der Waals surface area (Å²) < 4.78 is 0. The summed E-state index contributed by atoms with van der Waals surface area (Å²) in [5, 5.41) is 8.57. The summed E-state index contributed by atoms with van der Waals surface area (Å²) in [7, 11) is 0. The lowest BCUT2D eigenvalue weighted by Gasteiger charge is -1.81. The molecule has 62 valence electrons. The highest BCUT2D eigenvalue weighted by Gasteiger charge is 1.76. The fraction of sp³-hybridized carbons (Fsp3) is 0. The summed E-state index contributed by atoms with van der Waals surface area (Å²) in [6.45, 7) is 0. The van der Waals surface area contributed by atoms with Gasteiger partial charge in [0.1, 0.15) is 5.75 Å². The number of aromatic amines is 1. The summed E-state index contributed by atoms with van der Waals surface area (Å²) in [5.74, 6) is 0.211. The smallest absolute Gasteiger partial charge is 0.133 e. The lowest BCUT2D eigenvalue weighted by Crippen LogP contribution is -1.64. The maximum Gasteiger partial charge on any atom is 0.133 e. The van der Waals surface area contributed by atoms with Crippen molar-refractivity contribution in [2.45, 2.75) is 0 Å². The molecule has 2 aromatic rings. The predicted octanol–water partition coefficient (Wildman–Crippen LogP) is 1.80. The molecule has 12 heavy (non-hydrogen) atoms. The Kier molecular flexibility index (Phi) is 3.44. The molecule has 3 heteroatoms. The molecule has 0 radical (unpaired) electrons. The lowest BCUT2D eigenvalue weighted by atomic mass is 10.5. The van der Waals surface area contributed by atoms with Gasteiger partial charge in [0, 0.05) is 18.6 Å². The van der Waals surface area contributed by atoms with Gasteiger partial charge in [-0.05, 0) is 24.3 Å². The van der Waals surface area contributed by atoms with Crippen LogP contribution in [-0.2, 0) is 0 Å². The number of aromatic hydroxyl groups is 1. The van der Waals surface area contributed by atoms with Gasteiger partial charge in [-0.15, -0.1) is 0 Å². The first-order valence-corrected chi connectivity index (χ1v) is 3.56. The Labute approximate surface area is 70.7 Å². The molecule has 0 bridgehead atoms. The molecule has 0 saturated carbocycles. The van der Waals surface area contributed by atoms with Gasteiger partial charge in [-0.25, -0.2) is 0 Å². The van der Waals surface area contributed by atoms with E-state index in [-0.39, 0.29) is 5.75 Å². The van der Waals surface area contributed by atoms with Gasteiger partial charge < -0.3 is 10.1 Å². The van der Waals surface area contributed by atoms with Crippen molar-refractivity contribution in [3.05, 3.63) is 49.1 Å². The van der Waals surface area contributed by atoms with Crippen LogP contribution < -0.4 is 0 Å². The normalized spacial score (nSPS) is 8.33. The molecule has 2 heterocycles. The van der Waals surface area contributed by atoms with Crippen molar-refractivity contribution in [1.82, 2.24) is 9.97 Å². The molecule has 0 spiro atoms. The van der Waals surface area contributed by atoms with E-state index in [4.69, 9.17) is 5.11 Å². The van der Waals surface area contributed by atoms with Crippen molar-refractivity contribution in [3.63, 3.8) is 0 Å². The van der Waals surface area contributed by atoms with Crippen molar-refractivity contribution < 1.29 is 5.11 Å². The van der Waals surface area contributed by atoms with Gasteiger partial charge in [-0.3, -0.25) is 4.98 Å². The third-order valence-corrected chi connectivity index (χ3v) is 1.14. The maximum absolute atomic E-state index is 8.57. The van der Waals surface area contributed by atoms with E-state index in [2.05, 4.69) is 9.97 Å². The summed E-state index contributed by atoms with van der Waals surface area (Å²) in [6.07, 6.45) is 6.75. The van der Waals surface area contributed by atoms with Crippen LogP contribution in [0.1, 0.15) is 0 Å². The zero-order valence-electron chi connectivity index (χ0n) is 6.51. The second kappa shape index (κ2) is 4.96. The van der Waals surface area contributed by atoms with Crippen LogP contribution in [0.4, 0.5) is 0 Å². The molecule has 3 nitrogen and oxygen atoms in total. The molecule has 2 N–H and O–H groups in total. The van der Waals surface area contributed by atoms with Crippen LogP contribution in [0.15, 0.2) is 49.1 Å². The zero-order chi connectivity index (χ0) is 8.65. The Morgan fingerprint density at radius 1 is 1.17 bits per heavy atom. The Bertz CT molecular complexity index is 261. The van der Waals surface area contributed by atoms with Gasteiger partial charge in [0.25, 0.3) is 0 Å². The molecule has 0 amide bonds. The van der Waals surface area contributed by atoms with E-state index in [1.54, 1.807) is 18.3 Å². The minimum absolute atomic E-state index is 0.211. The van der Waals surface area contributed by atoms with Crippen molar-refractivity contribution >= 4 is 0 Å². The quantitative estimate of drug-likeness (QED) is 0.620. The second-order valence-electron chi connectivity index (χ2n) is 2.10. The zero-order valence-corrected chi connectivity index (χ0v) is 6.51. The van der Waals surface area contributed by atoms with Gasteiger partial charge >= 0.3 is 0 Å². The summed E-state index contributed by atoms with van der Waals surface area (Å²) in [6, 6.07) is 7.14. The summed E-state index contributed by atoms with van der Waals surface area (Å²) >= 11 is 0. The number of hydrogen-bond donors (Lipinski definition) is 2. The van der Waals surface area contributed by atoms with Crippen molar-refractivity contribution in [3.8, 4) is 5.75 Å². The fourth-order valence-corrected chi connectivity index (χ4v) is 0.632. The van der Waals surface area contributed by atoms with Crippen LogP contribution in [0, 0.1) is 0 Å². The standard InChI is InChI=1S/C5H5NO.C4H5N/c7-5-2-1-3-6-4-5;1-2-4-5-3-1/h1-4,7H;1-5H. The minimum Gasteiger partial charge on any atom is -0.506 e. The first-order valence-electron chi connectivity index (χ1n) is 3.56. The molecule has 0 fully saturated rings. The van der Waals surface area contributed by atoms with E-state index in [9.17, 15) is 0 Å². The number of nitrogens with one attached hydrogen (secondary N) is 1. The van der Waals surface area contributed by atoms with Crippen LogP contribution in [0.2, 0.25) is 0 Å². The number of rotatable bonds is 0. The minimum atomic E-state index is 0.211. The number of nitrogens with zero attached hydrogens (tertiary/aromatic N) is 1. The number of hydrogen-bond acceptors (Lipinski definition) is 2. The molecule has 2 rings (SSSR count). The van der Waals surface area contributed by atoms with E-state index in [1.165, 1.54) is 6.20 Å². The largest absolute Gasteiger partial charge is 0.506 e. The van der Waals surface area contributed by atoms with Crippen molar-refractivity contribution in [2.24, 2.45) is 0 Å². The Morgan fingerprint density at radius 3 is 2.17 bits per heavy atom. The Balaban J connectivity index is 0.000000127. The molecule has 0 aliphatic rings. The molecule has 0 saturated heterocycles. The van der Waals surface area contributed by atoms with E-state index < -0.39 is 0 Å². The topological polar surface area (TPSA) is 48.9 Å². The van der Waals surface area contributed by atoms with Crippen LogP contribution in [0.3, 0.4) is 0 Å². The van der Waals surface area contributed by atoms with E-state index in [0.717, 1.165) is 0 Å². The van der Waals surface area contributed by atoms with Gasteiger partial charge in [0.05, 0.1) is 6.20 Å². The molecular formula is C9H10N2O. The first-order chi connectivity index (χ1) is 5.89. The molecule has 0 unspecified atom stereocenters. The van der Waals surface area contributed by atoms with E-state index in [1.807, 2.05) is 24.5 Å². The Hall–Kier alpha value is -1.77. The first kappa shape index (κ1) is 8.33. The molecule has 0 aliphatic heterocycles. The highest BCUT2D eigenvalue weighted by atomic mass is 16.3. The SMILES string of the molecule is Oc1cccnc1.c1cc[nH]c1. The van der Waals surface area contributed by atoms with Crippen LogP contribution in [0.5, 0.6) is 5.75 Å². The third-order valence-electron chi connectivity index (χ3n) is 1.14. The molecular weight excluding hydrogens is 152 g/mol. The van der Waals surface area contributed by atoms with Crippen LogP contribution in [0.25, 0.3) is 0 Å². The van der Waals surface area contributed by atoms with E-state index in [0.29, 0.717) is 0 Å². The molecule has 0 aromatic carbocycles. The van der Waals surface area contributed by atoms with Gasteiger partial charge in [-0.2, -0.15) is 0 Å². The maximum atomic E-state index is 8.57. The highest BCUT2D eigenvalue weighted by molar-refractivity contribution is 5.12. The highest BCUT2D eigenvalue weighted by Crippen LogP contribution is 1.99. The third kappa shape index (κ3) is 3.41. The average Bonchev–Trinajstić information content (AvgIpc) is 2.62. The van der Waals surface area contributed by atoms with Gasteiger partial charge in [0.2, 0.25) is 0 Å². The lowest BCUT2D eigenvalue weighted by molar-refractivity contribution is 0.472. The number of H-pyrrole nitrogens is 1. The predicted molar refractivity (Wildman–Crippen MR) is 46.7 cm³/mol. The van der Waals surface area contributed by atoms with Gasteiger partial charge in [0.15, 0.2) is 0 Å².